The molecule has 1 atom stereocenters. The van der Waals surface area contributed by atoms with Crippen molar-refractivity contribution in [2.45, 2.75) is 13.0 Å². The van der Waals surface area contributed by atoms with Gasteiger partial charge in [-0.25, -0.2) is 15.0 Å². The van der Waals surface area contributed by atoms with Crippen LogP contribution in [0.25, 0.3) is 11.1 Å². The van der Waals surface area contributed by atoms with Crippen LogP contribution in [0.5, 0.6) is 0 Å². The molecule has 0 radical (unpaired) electrons. The maximum Gasteiger partial charge on any atom is 0.223 e. The summed E-state index contributed by atoms with van der Waals surface area (Å²) in [6.45, 7) is 2.03. The van der Waals surface area contributed by atoms with Crippen LogP contribution in [0.3, 0.4) is 0 Å². The summed E-state index contributed by atoms with van der Waals surface area (Å²) < 4.78 is 0. The Morgan fingerprint density at radius 1 is 1.04 bits per heavy atom. The van der Waals surface area contributed by atoms with E-state index < -0.39 is 0 Å². The lowest BCUT2D eigenvalue weighted by atomic mass is 10.0. The molecule has 1 aromatic carbocycles. The Labute approximate surface area is 138 Å². The second kappa shape index (κ2) is 6.58. The Morgan fingerprint density at radius 3 is 2.39 bits per heavy atom. The molecule has 0 bridgehead atoms. The van der Waals surface area contributed by atoms with Crippen molar-refractivity contribution in [3.8, 4) is 11.1 Å². The van der Waals surface area contributed by atoms with Gasteiger partial charge in [0.15, 0.2) is 0 Å². The zero-order valence-corrected chi connectivity index (χ0v) is 13.2. The van der Waals surface area contributed by atoms with Crippen molar-refractivity contribution in [3.05, 3.63) is 59.8 Å². The van der Waals surface area contributed by atoms with E-state index in [9.17, 15) is 0 Å². The van der Waals surface area contributed by atoms with Crippen molar-refractivity contribution in [2.24, 2.45) is 0 Å². The summed E-state index contributed by atoms with van der Waals surface area (Å²) in [4.78, 5) is 16.0. The third-order valence-corrected chi connectivity index (χ3v) is 3.57. The lowest BCUT2D eigenvalue weighted by Gasteiger charge is -2.15. The van der Waals surface area contributed by atoms with E-state index in [2.05, 4.69) is 25.3 Å². The molecule has 0 aliphatic rings. The fourth-order valence-corrected chi connectivity index (χ4v) is 2.42. The molecule has 2 aromatic heterocycles. The summed E-state index contributed by atoms with van der Waals surface area (Å²) in [6.07, 6.45) is 5.09. The monoisotopic (exact) mass is 326 g/mol. The molecule has 0 fully saturated rings. The van der Waals surface area contributed by atoms with Gasteiger partial charge in [-0.3, -0.25) is 0 Å². The highest BCUT2D eigenvalue weighted by Gasteiger charge is 2.08. The van der Waals surface area contributed by atoms with Gasteiger partial charge in [-0.2, -0.15) is 4.98 Å². The van der Waals surface area contributed by atoms with E-state index >= 15 is 0 Å². The SMILES string of the molecule is C[C@@H](Nc1cc(Cl)nc(N)n1)c1ccc(-c2cncnc2)cc1. The number of nitrogen functional groups attached to an aromatic ring is 1. The zero-order valence-electron chi connectivity index (χ0n) is 12.4. The molecule has 0 amide bonds. The van der Waals surface area contributed by atoms with E-state index in [0.717, 1.165) is 16.7 Å². The van der Waals surface area contributed by atoms with Crippen LogP contribution in [-0.2, 0) is 0 Å². The number of nitrogens with one attached hydrogen (secondary N) is 1. The van der Waals surface area contributed by atoms with E-state index in [1.54, 1.807) is 18.5 Å². The molecule has 6 nitrogen and oxygen atoms in total. The minimum Gasteiger partial charge on any atom is -0.368 e. The molecule has 0 saturated carbocycles. The van der Waals surface area contributed by atoms with Gasteiger partial charge in [-0.15, -0.1) is 0 Å². The average molecular weight is 327 g/mol. The molecule has 3 N–H and O–H groups in total. The molecule has 7 heteroatoms. The number of rotatable bonds is 4. The second-order valence-electron chi connectivity index (χ2n) is 5.05. The molecule has 116 valence electrons. The molecule has 0 unspecified atom stereocenters. The standard InChI is InChI=1S/C16H15ClN6/c1-10(21-15-6-14(17)22-16(18)23-15)11-2-4-12(5-3-11)13-7-19-9-20-8-13/h2-10H,1H3,(H3,18,21,22,23)/t10-/m1/s1. The minimum atomic E-state index is 0.0430. The van der Waals surface area contributed by atoms with Gasteiger partial charge in [0, 0.05) is 30.1 Å². The first-order valence-electron chi connectivity index (χ1n) is 7.04. The van der Waals surface area contributed by atoms with Gasteiger partial charge >= 0.3 is 0 Å². The zero-order chi connectivity index (χ0) is 16.2. The number of halogens is 1. The van der Waals surface area contributed by atoms with Crippen LogP contribution >= 0.6 is 11.6 Å². The van der Waals surface area contributed by atoms with Crippen molar-refractivity contribution in [2.75, 3.05) is 11.1 Å². The Hall–Kier alpha value is -2.73. The van der Waals surface area contributed by atoms with E-state index in [1.165, 1.54) is 6.33 Å². The van der Waals surface area contributed by atoms with Gasteiger partial charge in [0.25, 0.3) is 0 Å². The summed E-state index contributed by atoms with van der Waals surface area (Å²) in [5, 5.41) is 3.57. The Balaban J connectivity index is 1.76. The van der Waals surface area contributed by atoms with Gasteiger partial charge in [0.2, 0.25) is 5.95 Å². The van der Waals surface area contributed by atoms with Crippen LogP contribution in [0, 0.1) is 0 Å². The topological polar surface area (TPSA) is 89.6 Å². The van der Waals surface area contributed by atoms with Crippen molar-refractivity contribution in [1.29, 1.82) is 0 Å². The minimum absolute atomic E-state index is 0.0430. The van der Waals surface area contributed by atoms with Gasteiger partial charge in [0.05, 0.1) is 0 Å². The maximum atomic E-state index is 5.89. The van der Waals surface area contributed by atoms with Gasteiger partial charge in [0.1, 0.15) is 17.3 Å². The van der Waals surface area contributed by atoms with Crippen LogP contribution in [0.15, 0.2) is 49.1 Å². The van der Waals surface area contributed by atoms with Crippen molar-refractivity contribution >= 4 is 23.4 Å². The highest BCUT2D eigenvalue weighted by molar-refractivity contribution is 6.29. The smallest absolute Gasteiger partial charge is 0.223 e. The van der Waals surface area contributed by atoms with Gasteiger partial charge in [-0.05, 0) is 18.1 Å². The van der Waals surface area contributed by atoms with Gasteiger partial charge < -0.3 is 11.1 Å². The highest BCUT2D eigenvalue weighted by Crippen LogP contribution is 2.23. The molecule has 0 aliphatic heterocycles. The average Bonchev–Trinajstić information content (AvgIpc) is 2.55. The predicted octanol–water partition coefficient (Wildman–Crippen LogP) is 3.34. The first-order valence-corrected chi connectivity index (χ1v) is 7.41. The van der Waals surface area contributed by atoms with Crippen LogP contribution in [0.2, 0.25) is 5.15 Å². The number of aromatic nitrogens is 4. The van der Waals surface area contributed by atoms with Crippen molar-refractivity contribution in [3.63, 3.8) is 0 Å². The molecule has 0 saturated heterocycles. The molecule has 0 aliphatic carbocycles. The van der Waals surface area contributed by atoms with E-state index in [4.69, 9.17) is 17.3 Å². The lowest BCUT2D eigenvalue weighted by molar-refractivity contribution is 0.873. The molecule has 3 aromatic rings. The molecule has 3 rings (SSSR count). The Kier molecular flexibility index (Phi) is 4.34. The van der Waals surface area contributed by atoms with E-state index in [0.29, 0.717) is 11.0 Å². The lowest BCUT2D eigenvalue weighted by Crippen LogP contribution is -2.09. The third-order valence-electron chi connectivity index (χ3n) is 3.38. The number of anilines is 2. The van der Waals surface area contributed by atoms with Crippen molar-refractivity contribution in [1.82, 2.24) is 19.9 Å². The van der Waals surface area contributed by atoms with E-state index in [1.807, 2.05) is 31.2 Å². The van der Waals surface area contributed by atoms with Crippen LogP contribution in [0.4, 0.5) is 11.8 Å². The summed E-state index contributed by atoms with van der Waals surface area (Å²) >= 11 is 5.89. The third kappa shape index (κ3) is 3.73. The van der Waals surface area contributed by atoms with Crippen LogP contribution < -0.4 is 11.1 Å². The van der Waals surface area contributed by atoms with E-state index in [-0.39, 0.29) is 12.0 Å². The summed E-state index contributed by atoms with van der Waals surface area (Å²) in [7, 11) is 0. The Morgan fingerprint density at radius 2 is 1.74 bits per heavy atom. The van der Waals surface area contributed by atoms with Crippen LogP contribution in [-0.4, -0.2) is 19.9 Å². The summed E-state index contributed by atoms with van der Waals surface area (Å²) in [5.74, 6) is 0.738. The molecular formula is C16H15ClN6. The first-order chi connectivity index (χ1) is 11.1. The fourth-order valence-electron chi connectivity index (χ4n) is 2.23. The van der Waals surface area contributed by atoms with Crippen molar-refractivity contribution < 1.29 is 0 Å². The van der Waals surface area contributed by atoms with Crippen LogP contribution in [0.1, 0.15) is 18.5 Å². The first kappa shape index (κ1) is 15.2. The normalized spacial score (nSPS) is 11.9. The quantitative estimate of drug-likeness (QED) is 0.715. The predicted molar refractivity (Wildman–Crippen MR) is 91.0 cm³/mol. The fraction of sp³-hybridized carbons (Fsp3) is 0.125. The maximum absolute atomic E-state index is 5.89. The summed E-state index contributed by atoms with van der Waals surface area (Å²) in [5.41, 5.74) is 8.76. The number of hydrogen-bond acceptors (Lipinski definition) is 6. The largest absolute Gasteiger partial charge is 0.368 e. The number of benzene rings is 1. The number of nitrogens with zero attached hydrogens (tertiary/aromatic N) is 4. The molecule has 23 heavy (non-hydrogen) atoms. The molecule has 0 spiro atoms. The molecule has 2 heterocycles. The second-order valence-corrected chi connectivity index (χ2v) is 5.44. The van der Waals surface area contributed by atoms with Gasteiger partial charge in [-0.1, -0.05) is 35.9 Å². The summed E-state index contributed by atoms with van der Waals surface area (Å²) in [6, 6.07) is 9.85. The molecular weight excluding hydrogens is 312 g/mol. The number of nitrogens with two attached hydrogens (primary N) is 1. The number of hydrogen-bond donors (Lipinski definition) is 2. The highest BCUT2D eigenvalue weighted by atomic mass is 35.5. The Bertz CT molecular complexity index is 771.